The van der Waals surface area contributed by atoms with Gasteiger partial charge in [0, 0.05) is 9.64 Å². The van der Waals surface area contributed by atoms with E-state index in [0.717, 1.165) is 0 Å². The van der Waals surface area contributed by atoms with Crippen LogP contribution in [0.15, 0.2) is 41.3 Å². The fourth-order valence-corrected chi connectivity index (χ4v) is 3.16. The lowest BCUT2D eigenvalue weighted by atomic mass is 9.99. The van der Waals surface area contributed by atoms with E-state index in [1.165, 1.54) is 27.7 Å². The first-order chi connectivity index (χ1) is 8.91. The second-order valence-corrected chi connectivity index (χ2v) is 7.92. The molecule has 2 aromatic carbocycles. The third kappa shape index (κ3) is 3.54. The summed E-state index contributed by atoms with van der Waals surface area (Å²) < 4.78 is 0.311. The van der Waals surface area contributed by atoms with Gasteiger partial charge in [-0.05, 0) is 40.8 Å². The summed E-state index contributed by atoms with van der Waals surface area (Å²) in [5.41, 5.74) is 1.42. The SMILES string of the molecule is CCC(C)(C)Sc1ccc2cc(C(C)C)ccc2c1. The summed E-state index contributed by atoms with van der Waals surface area (Å²) in [5, 5.41) is 2.70. The molecule has 0 amide bonds. The summed E-state index contributed by atoms with van der Waals surface area (Å²) in [6.07, 6.45) is 1.18. The van der Waals surface area contributed by atoms with Crippen molar-refractivity contribution >= 4 is 22.5 Å². The van der Waals surface area contributed by atoms with E-state index in [9.17, 15) is 0 Å². The van der Waals surface area contributed by atoms with Crippen LogP contribution < -0.4 is 0 Å². The van der Waals surface area contributed by atoms with E-state index in [0.29, 0.717) is 10.7 Å². The molecule has 0 aliphatic heterocycles. The van der Waals surface area contributed by atoms with Crippen LogP contribution >= 0.6 is 11.8 Å². The number of hydrogen-bond acceptors (Lipinski definition) is 1. The summed E-state index contributed by atoms with van der Waals surface area (Å²) in [6.45, 7) is 11.4. The Balaban J connectivity index is 2.34. The lowest BCUT2D eigenvalue weighted by molar-refractivity contribution is 0.685. The van der Waals surface area contributed by atoms with E-state index in [2.05, 4.69) is 71.0 Å². The lowest BCUT2D eigenvalue weighted by Crippen LogP contribution is -2.11. The molecule has 0 radical (unpaired) electrons. The number of fused-ring (bicyclic) bond motifs is 1. The zero-order valence-electron chi connectivity index (χ0n) is 12.7. The van der Waals surface area contributed by atoms with Crippen molar-refractivity contribution in [2.45, 2.75) is 56.6 Å². The maximum Gasteiger partial charge on any atom is 0.0148 e. The van der Waals surface area contributed by atoms with Gasteiger partial charge in [-0.2, -0.15) is 0 Å². The second kappa shape index (κ2) is 5.58. The van der Waals surface area contributed by atoms with Gasteiger partial charge >= 0.3 is 0 Å². The first-order valence-corrected chi connectivity index (χ1v) is 7.95. The molecule has 2 rings (SSSR count). The van der Waals surface area contributed by atoms with Crippen molar-refractivity contribution in [1.82, 2.24) is 0 Å². The van der Waals surface area contributed by atoms with Gasteiger partial charge < -0.3 is 0 Å². The molecule has 0 aromatic heterocycles. The van der Waals surface area contributed by atoms with Gasteiger partial charge in [0.15, 0.2) is 0 Å². The Morgan fingerprint density at radius 2 is 1.63 bits per heavy atom. The van der Waals surface area contributed by atoms with Crippen molar-refractivity contribution in [2.75, 3.05) is 0 Å². The molecular formula is C18H24S. The largest absolute Gasteiger partial charge is 0.120 e. The van der Waals surface area contributed by atoms with Gasteiger partial charge in [0.25, 0.3) is 0 Å². The molecule has 0 bridgehead atoms. The molecule has 0 unspecified atom stereocenters. The Morgan fingerprint density at radius 3 is 2.26 bits per heavy atom. The molecule has 0 saturated heterocycles. The molecular weight excluding hydrogens is 248 g/mol. The minimum absolute atomic E-state index is 0.311. The molecule has 0 saturated carbocycles. The Labute approximate surface area is 121 Å². The van der Waals surface area contributed by atoms with Gasteiger partial charge in [-0.1, -0.05) is 58.9 Å². The molecule has 1 heteroatoms. The van der Waals surface area contributed by atoms with E-state index in [1.54, 1.807) is 0 Å². The zero-order valence-corrected chi connectivity index (χ0v) is 13.5. The van der Waals surface area contributed by atoms with Gasteiger partial charge in [-0.25, -0.2) is 0 Å². The predicted octanol–water partition coefficient (Wildman–Crippen LogP) is 6.24. The quantitative estimate of drug-likeness (QED) is 0.593. The molecule has 0 aliphatic rings. The van der Waals surface area contributed by atoms with Gasteiger partial charge in [0.05, 0.1) is 0 Å². The molecule has 0 atom stereocenters. The van der Waals surface area contributed by atoms with Gasteiger partial charge in [-0.3, -0.25) is 0 Å². The molecule has 0 nitrogen and oxygen atoms in total. The van der Waals surface area contributed by atoms with E-state index in [-0.39, 0.29) is 0 Å². The van der Waals surface area contributed by atoms with E-state index in [1.807, 2.05) is 11.8 Å². The van der Waals surface area contributed by atoms with Crippen LogP contribution in [0, 0.1) is 0 Å². The molecule has 2 aromatic rings. The highest BCUT2D eigenvalue weighted by Crippen LogP contribution is 2.36. The van der Waals surface area contributed by atoms with Crippen molar-refractivity contribution in [3.8, 4) is 0 Å². The van der Waals surface area contributed by atoms with Crippen LogP contribution in [0.2, 0.25) is 0 Å². The number of hydrogen-bond donors (Lipinski definition) is 0. The van der Waals surface area contributed by atoms with E-state index in [4.69, 9.17) is 0 Å². The summed E-state index contributed by atoms with van der Waals surface area (Å²) in [7, 11) is 0. The molecule has 0 heterocycles. The predicted molar refractivity (Wildman–Crippen MR) is 88.3 cm³/mol. The fourth-order valence-electron chi connectivity index (χ4n) is 2.06. The van der Waals surface area contributed by atoms with Crippen molar-refractivity contribution < 1.29 is 0 Å². The van der Waals surface area contributed by atoms with Gasteiger partial charge in [-0.15, -0.1) is 11.8 Å². The topological polar surface area (TPSA) is 0 Å². The van der Waals surface area contributed by atoms with Crippen LogP contribution in [0.5, 0.6) is 0 Å². The number of benzene rings is 2. The lowest BCUT2D eigenvalue weighted by Gasteiger charge is -2.22. The van der Waals surface area contributed by atoms with Crippen molar-refractivity contribution in [3.63, 3.8) is 0 Å². The zero-order chi connectivity index (χ0) is 14.0. The summed E-state index contributed by atoms with van der Waals surface area (Å²) in [6, 6.07) is 13.7. The second-order valence-electron chi connectivity index (χ2n) is 6.14. The van der Waals surface area contributed by atoms with Crippen LogP contribution in [-0.2, 0) is 0 Å². The Bertz CT molecular complexity index is 567. The standard InChI is InChI=1S/C18H24S/c1-6-18(4,5)19-17-10-9-15-11-14(13(2)3)7-8-16(15)12-17/h7-13H,6H2,1-5H3. The summed E-state index contributed by atoms with van der Waals surface area (Å²) in [5.74, 6) is 0.595. The third-order valence-electron chi connectivity index (χ3n) is 3.75. The van der Waals surface area contributed by atoms with E-state index < -0.39 is 0 Å². The monoisotopic (exact) mass is 272 g/mol. The summed E-state index contributed by atoms with van der Waals surface area (Å²) >= 11 is 1.97. The minimum Gasteiger partial charge on any atom is -0.120 e. The van der Waals surface area contributed by atoms with Crippen molar-refractivity contribution in [2.24, 2.45) is 0 Å². The molecule has 102 valence electrons. The average molecular weight is 272 g/mol. The Morgan fingerprint density at radius 1 is 1.00 bits per heavy atom. The van der Waals surface area contributed by atoms with Crippen molar-refractivity contribution in [1.29, 1.82) is 0 Å². The molecule has 0 fully saturated rings. The maximum absolute atomic E-state index is 2.32. The smallest absolute Gasteiger partial charge is 0.0148 e. The highest BCUT2D eigenvalue weighted by atomic mass is 32.2. The number of thioether (sulfide) groups is 1. The minimum atomic E-state index is 0.311. The van der Waals surface area contributed by atoms with Crippen LogP contribution in [0.4, 0.5) is 0 Å². The van der Waals surface area contributed by atoms with Crippen LogP contribution in [0.3, 0.4) is 0 Å². The maximum atomic E-state index is 2.32. The van der Waals surface area contributed by atoms with E-state index >= 15 is 0 Å². The van der Waals surface area contributed by atoms with Crippen LogP contribution in [-0.4, -0.2) is 4.75 Å². The first-order valence-electron chi connectivity index (χ1n) is 7.14. The molecule has 19 heavy (non-hydrogen) atoms. The highest BCUT2D eigenvalue weighted by Gasteiger charge is 2.16. The summed E-state index contributed by atoms with van der Waals surface area (Å²) in [4.78, 5) is 1.37. The fraction of sp³-hybridized carbons (Fsp3) is 0.444. The molecule has 0 spiro atoms. The number of rotatable bonds is 4. The van der Waals surface area contributed by atoms with Crippen LogP contribution in [0.25, 0.3) is 10.8 Å². The first kappa shape index (κ1) is 14.5. The van der Waals surface area contributed by atoms with Crippen LogP contribution in [0.1, 0.15) is 52.5 Å². The average Bonchev–Trinajstić information content (AvgIpc) is 2.37. The van der Waals surface area contributed by atoms with Gasteiger partial charge in [0.2, 0.25) is 0 Å². The normalized spacial score (nSPS) is 12.3. The molecule has 0 aliphatic carbocycles. The molecule has 0 N–H and O–H groups in total. The van der Waals surface area contributed by atoms with Crippen molar-refractivity contribution in [3.05, 3.63) is 42.0 Å². The Kier molecular flexibility index (Phi) is 4.25. The van der Waals surface area contributed by atoms with Gasteiger partial charge in [0.1, 0.15) is 0 Å². The third-order valence-corrected chi connectivity index (χ3v) is 5.08. The highest BCUT2D eigenvalue weighted by molar-refractivity contribution is 8.00. The Hall–Kier alpha value is -0.950.